The van der Waals surface area contributed by atoms with Crippen LogP contribution >= 0.6 is 23.1 Å². The van der Waals surface area contributed by atoms with Crippen LogP contribution in [0, 0.1) is 0 Å². The first-order chi connectivity index (χ1) is 13.1. The number of alkyl halides is 2. The summed E-state index contributed by atoms with van der Waals surface area (Å²) in [5, 5.41) is 3.02. The number of fused-ring (bicyclic) bond motifs is 1. The van der Waals surface area contributed by atoms with Gasteiger partial charge in [0.25, 0.3) is 5.92 Å². The molecule has 0 radical (unpaired) electrons. The first-order valence-electron chi connectivity index (χ1n) is 8.99. The quantitative estimate of drug-likeness (QED) is 0.639. The fourth-order valence-corrected chi connectivity index (χ4v) is 5.53. The maximum absolute atomic E-state index is 13.3. The van der Waals surface area contributed by atoms with E-state index in [4.69, 9.17) is 0 Å². The highest BCUT2D eigenvalue weighted by molar-refractivity contribution is 8.03. The van der Waals surface area contributed by atoms with Crippen LogP contribution in [0.25, 0.3) is 10.6 Å². The van der Waals surface area contributed by atoms with Crippen LogP contribution in [0.15, 0.2) is 70.4 Å². The Hall–Kier alpha value is -1.92. The van der Waals surface area contributed by atoms with Crippen LogP contribution in [0.1, 0.15) is 18.4 Å². The van der Waals surface area contributed by atoms with Gasteiger partial charge in [-0.2, -0.15) is 0 Å². The summed E-state index contributed by atoms with van der Waals surface area (Å²) < 4.78 is 26.6. The molecule has 0 N–H and O–H groups in total. The van der Waals surface area contributed by atoms with Gasteiger partial charge in [0.1, 0.15) is 5.01 Å². The SMILES string of the molecule is FC1(F)CC(N2C=CC(Cc3ccc(-c4nccs4)cc3)=C3SCC=C32)C1. The predicted molar refractivity (Wildman–Crippen MR) is 108 cm³/mol. The van der Waals surface area contributed by atoms with E-state index in [1.807, 2.05) is 29.5 Å². The molecule has 2 aromatic rings. The van der Waals surface area contributed by atoms with E-state index in [9.17, 15) is 8.78 Å². The number of hydrogen-bond donors (Lipinski definition) is 0. The molecule has 0 atom stereocenters. The van der Waals surface area contributed by atoms with Gasteiger partial charge >= 0.3 is 0 Å². The van der Waals surface area contributed by atoms with Gasteiger partial charge in [0.15, 0.2) is 0 Å². The molecule has 1 fully saturated rings. The van der Waals surface area contributed by atoms with Crippen molar-refractivity contribution in [2.24, 2.45) is 0 Å². The van der Waals surface area contributed by atoms with E-state index in [2.05, 4.69) is 46.3 Å². The van der Waals surface area contributed by atoms with Crippen molar-refractivity contribution in [3.8, 4) is 10.6 Å². The van der Waals surface area contributed by atoms with Crippen molar-refractivity contribution in [2.75, 3.05) is 5.75 Å². The Morgan fingerprint density at radius 2 is 2.00 bits per heavy atom. The van der Waals surface area contributed by atoms with Gasteiger partial charge in [0.05, 0.1) is 5.70 Å². The molecular weight excluding hydrogens is 382 g/mol. The van der Waals surface area contributed by atoms with Gasteiger partial charge in [-0.05, 0) is 29.7 Å². The van der Waals surface area contributed by atoms with Crippen LogP contribution < -0.4 is 0 Å². The van der Waals surface area contributed by atoms with Gasteiger partial charge in [-0.25, -0.2) is 13.8 Å². The molecule has 0 unspecified atom stereocenters. The van der Waals surface area contributed by atoms with E-state index in [0.717, 1.165) is 28.4 Å². The minimum absolute atomic E-state index is 0.0415. The predicted octanol–water partition coefficient (Wildman–Crippen LogP) is 5.86. The summed E-state index contributed by atoms with van der Waals surface area (Å²) in [4.78, 5) is 7.66. The fraction of sp³-hybridized carbons (Fsp3) is 0.286. The van der Waals surface area contributed by atoms with Crippen LogP contribution in [0.2, 0.25) is 0 Å². The van der Waals surface area contributed by atoms with E-state index >= 15 is 0 Å². The highest BCUT2D eigenvalue weighted by Crippen LogP contribution is 2.47. The van der Waals surface area contributed by atoms with Gasteiger partial charge in [-0.1, -0.05) is 24.3 Å². The molecule has 0 bridgehead atoms. The third-order valence-electron chi connectivity index (χ3n) is 5.23. The van der Waals surface area contributed by atoms with Crippen molar-refractivity contribution in [2.45, 2.75) is 31.2 Å². The van der Waals surface area contributed by atoms with E-state index in [1.165, 1.54) is 16.0 Å². The molecule has 3 heterocycles. The Morgan fingerprint density at radius 1 is 1.19 bits per heavy atom. The highest BCUT2D eigenvalue weighted by Gasteiger charge is 2.49. The summed E-state index contributed by atoms with van der Waals surface area (Å²) >= 11 is 3.45. The first kappa shape index (κ1) is 17.2. The Morgan fingerprint density at radius 3 is 2.70 bits per heavy atom. The Labute approximate surface area is 165 Å². The number of allylic oxidation sites excluding steroid dienone is 2. The van der Waals surface area contributed by atoms with Crippen LogP contribution in [-0.4, -0.2) is 27.6 Å². The van der Waals surface area contributed by atoms with E-state index in [-0.39, 0.29) is 18.9 Å². The van der Waals surface area contributed by atoms with Crippen molar-refractivity contribution < 1.29 is 8.78 Å². The van der Waals surface area contributed by atoms with Crippen molar-refractivity contribution in [1.82, 2.24) is 9.88 Å². The summed E-state index contributed by atoms with van der Waals surface area (Å²) in [7, 11) is 0. The van der Waals surface area contributed by atoms with Crippen LogP contribution in [0.4, 0.5) is 8.78 Å². The molecule has 6 heteroatoms. The molecule has 0 amide bonds. The summed E-state index contributed by atoms with van der Waals surface area (Å²) in [6, 6.07) is 8.47. The second kappa shape index (κ2) is 6.60. The van der Waals surface area contributed by atoms with Crippen LogP contribution in [0.3, 0.4) is 0 Å². The second-order valence-corrected chi connectivity index (χ2v) is 9.03. The molecule has 5 rings (SSSR count). The lowest BCUT2D eigenvalue weighted by Crippen LogP contribution is -2.48. The Balaban J connectivity index is 1.34. The standard InChI is InChI=1S/C21H18F2N2S2/c22-21(23)12-17(13-21)25-8-5-16(19-18(25)6-9-26-19)11-14-1-3-15(4-2-14)20-24-7-10-27-20/h1-8,10,17H,9,11-13H2. The minimum atomic E-state index is -2.49. The van der Waals surface area contributed by atoms with Crippen molar-refractivity contribution in [1.29, 1.82) is 0 Å². The number of nitrogens with zero attached hydrogens (tertiary/aromatic N) is 2. The molecule has 1 aromatic carbocycles. The molecule has 2 nitrogen and oxygen atoms in total. The average molecular weight is 401 g/mol. The smallest absolute Gasteiger partial charge is 0.252 e. The zero-order chi connectivity index (χ0) is 18.4. The van der Waals surface area contributed by atoms with E-state index < -0.39 is 5.92 Å². The number of thiazole rings is 1. The number of rotatable bonds is 4. The molecule has 0 saturated heterocycles. The zero-order valence-corrected chi connectivity index (χ0v) is 16.2. The van der Waals surface area contributed by atoms with Gasteiger partial charge in [-0.15, -0.1) is 23.1 Å². The molecule has 1 aliphatic carbocycles. The number of aromatic nitrogens is 1. The number of halogens is 2. The molecule has 3 aliphatic rings. The number of thioether (sulfide) groups is 1. The van der Waals surface area contributed by atoms with Gasteiger partial charge < -0.3 is 4.90 Å². The lowest BCUT2D eigenvalue weighted by molar-refractivity contribution is -0.110. The van der Waals surface area contributed by atoms with Gasteiger partial charge in [0, 0.05) is 52.9 Å². The van der Waals surface area contributed by atoms with Crippen molar-refractivity contribution >= 4 is 23.1 Å². The summed E-state index contributed by atoms with van der Waals surface area (Å²) in [5.41, 5.74) is 4.78. The molecule has 2 aliphatic heterocycles. The Kier molecular flexibility index (Phi) is 4.20. The summed E-state index contributed by atoms with van der Waals surface area (Å²) in [5.74, 6) is -1.58. The largest absolute Gasteiger partial charge is 0.344 e. The second-order valence-electron chi connectivity index (χ2n) is 7.11. The molecule has 27 heavy (non-hydrogen) atoms. The highest BCUT2D eigenvalue weighted by atomic mass is 32.2. The molecular formula is C21H18F2N2S2. The van der Waals surface area contributed by atoms with E-state index in [0.29, 0.717) is 0 Å². The third kappa shape index (κ3) is 3.25. The monoisotopic (exact) mass is 400 g/mol. The summed E-state index contributed by atoms with van der Waals surface area (Å²) in [6.07, 6.45) is 8.87. The van der Waals surface area contributed by atoms with Crippen LogP contribution in [-0.2, 0) is 6.42 Å². The van der Waals surface area contributed by atoms with Gasteiger partial charge in [0.2, 0.25) is 0 Å². The maximum atomic E-state index is 13.3. The topological polar surface area (TPSA) is 16.1 Å². The van der Waals surface area contributed by atoms with E-state index in [1.54, 1.807) is 11.3 Å². The normalized spacial score (nSPS) is 21.3. The molecule has 1 aromatic heterocycles. The Bertz CT molecular complexity index is 935. The molecule has 0 spiro atoms. The van der Waals surface area contributed by atoms with Crippen molar-refractivity contribution in [3.05, 3.63) is 75.9 Å². The van der Waals surface area contributed by atoms with Crippen LogP contribution in [0.5, 0.6) is 0 Å². The van der Waals surface area contributed by atoms with Gasteiger partial charge in [-0.3, -0.25) is 0 Å². The lowest BCUT2D eigenvalue weighted by Gasteiger charge is -2.44. The third-order valence-corrected chi connectivity index (χ3v) is 7.15. The number of benzene rings is 1. The zero-order valence-electron chi connectivity index (χ0n) is 14.6. The lowest BCUT2D eigenvalue weighted by atomic mass is 9.86. The summed E-state index contributed by atoms with van der Waals surface area (Å²) in [6.45, 7) is 0. The average Bonchev–Trinajstić information content (AvgIpc) is 3.33. The minimum Gasteiger partial charge on any atom is -0.344 e. The molecule has 138 valence electrons. The van der Waals surface area contributed by atoms with Crippen molar-refractivity contribution in [3.63, 3.8) is 0 Å². The molecule has 1 saturated carbocycles. The maximum Gasteiger partial charge on any atom is 0.252 e. The fourth-order valence-electron chi connectivity index (χ4n) is 3.81. The number of hydrogen-bond acceptors (Lipinski definition) is 4. The first-order valence-corrected chi connectivity index (χ1v) is 10.9.